The summed E-state index contributed by atoms with van der Waals surface area (Å²) in [5.74, 6) is 1.93. The molecule has 2 aliphatic heterocycles. The molecular formula is C15H24N4O2. The highest BCUT2D eigenvalue weighted by Crippen LogP contribution is 2.27. The number of hydrogen-bond acceptors (Lipinski definition) is 5. The number of rotatable bonds is 3. The molecule has 2 aliphatic rings. The minimum atomic E-state index is 0.133. The average molecular weight is 292 g/mol. The number of aryl methyl sites for hydroxylation is 1. The molecule has 116 valence electrons. The van der Waals surface area contributed by atoms with Crippen molar-refractivity contribution in [1.82, 2.24) is 19.9 Å². The van der Waals surface area contributed by atoms with Gasteiger partial charge >= 0.3 is 0 Å². The zero-order chi connectivity index (χ0) is 14.8. The molecule has 0 bridgehead atoms. The molecule has 0 N–H and O–H groups in total. The molecule has 2 fully saturated rings. The van der Waals surface area contributed by atoms with Crippen LogP contribution in [0.5, 0.6) is 0 Å². The van der Waals surface area contributed by atoms with E-state index in [2.05, 4.69) is 22.0 Å². The fourth-order valence-corrected chi connectivity index (χ4v) is 3.37. The summed E-state index contributed by atoms with van der Waals surface area (Å²) in [7, 11) is 0. The number of nitrogens with zero attached hydrogens (tertiary/aromatic N) is 4. The summed E-state index contributed by atoms with van der Waals surface area (Å²) < 4.78 is 5.26. The molecule has 0 spiro atoms. The van der Waals surface area contributed by atoms with Crippen molar-refractivity contribution < 1.29 is 9.32 Å². The van der Waals surface area contributed by atoms with Gasteiger partial charge in [-0.15, -0.1) is 0 Å². The molecule has 6 heteroatoms. The van der Waals surface area contributed by atoms with Crippen LogP contribution >= 0.6 is 0 Å². The number of piperidine rings is 1. The van der Waals surface area contributed by atoms with E-state index in [1.807, 2.05) is 11.8 Å². The van der Waals surface area contributed by atoms with Crippen LogP contribution < -0.4 is 0 Å². The summed E-state index contributed by atoms with van der Waals surface area (Å²) >= 11 is 0. The lowest BCUT2D eigenvalue weighted by molar-refractivity contribution is -0.136. The lowest BCUT2D eigenvalue weighted by Gasteiger charge is -2.35. The molecule has 1 amide bonds. The summed E-state index contributed by atoms with van der Waals surface area (Å²) in [6.07, 6.45) is 4.20. The maximum absolute atomic E-state index is 12.4. The second-order valence-corrected chi connectivity index (χ2v) is 6.20. The quantitative estimate of drug-likeness (QED) is 0.849. The van der Waals surface area contributed by atoms with Crippen molar-refractivity contribution in [2.75, 3.05) is 26.2 Å². The fourth-order valence-electron chi connectivity index (χ4n) is 3.37. The number of amides is 1. The molecule has 3 rings (SSSR count). The van der Waals surface area contributed by atoms with Gasteiger partial charge in [0.05, 0.1) is 6.04 Å². The second kappa shape index (κ2) is 6.13. The first-order valence-electron chi connectivity index (χ1n) is 7.98. The van der Waals surface area contributed by atoms with E-state index in [1.54, 1.807) is 0 Å². The van der Waals surface area contributed by atoms with Gasteiger partial charge in [0.15, 0.2) is 5.82 Å². The topological polar surface area (TPSA) is 62.5 Å². The number of carbonyl (C=O) groups excluding carboxylic acids is 1. The summed E-state index contributed by atoms with van der Waals surface area (Å²) in [4.78, 5) is 21.1. The Labute approximate surface area is 125 Å². The van der Waals surface area contributed by atoms with E-state index in [9.17, 15) is 4.79 Å². The van der Waals surface area contributed by atoms with Crippen molar-refractivity contribution in [2.45, 2.75) is 45.6 Å². The second-order valence-electron chi connectivity index (χ2n) is 6.20. The van der Waals surface area contributed by atoms with Crippen LogP contribution in [0.25, 0.3) is 0 Å². The number of carbonyl (C=O) groups is 1. The molecule has 1 atom stereocenters. The molecule has 21 heavy (non-hydrogen) atoms. The van der Waals surface area contributed by atoms with E-state index >= 15 is 0 Å². The zero-order valence-electron chi connectivity index (χ0n) is 12.9. The van der Waals surface area contributed by atoms with Gasteiger partial charge in [-0.05, 0) is 52.6 Å². The van der Waals surface area contributed by atoms with Crippen molar-refractivity contribution in [3.63, 3.8) is 0 Å². The molecule has 2 saturated heterocycles. The highest BCUT2D eigenvalue weighted by molar-refractivity contribution is 5.79. The number of likely N-dealkylation sites (tertiary alicyclic amines) is 2. The van der Waals surface area contributed by atoms with Crippen molar-refractivity contribution in [3.05, 3.63) is 11.7 Å². The molecule has 1 aromatic rings. The van der Waals surface area contributed by atoms with Crippen LogP contribution in [0.3, 0.4) is 0 Å². The maximum atomic E-state index is 12.4. The number of aromatic nitrogens is 2. The van der Waals surface area contributed by atoms with Gasteiger partial charge in [-0.3, -0.25) is 9.69 Å². The number of hydrogen-bond donors (Lipinski definition) is 0. The lowest BCUT2D eigenvalue weighted by atomic mass is 9.94. The minimum absolute atomic E-state index is 0.133. The molecule has 0 saturated carbocycles. The Kier molecular flexibility index (Phi) is 4.24. The third-order valence-corrected chi connectivity index (χ3v) is 4.74. The van der Waals surface area contributed by atoms with Crippen LogP contribution in [-0.2, 0) is 4.79 Å². The predicted molar refractivity (Wildman–Crippen MR) is 77.6 cm³/mol. The van der Waals surface area contributed by atoms with Gasteiger partial charge in [0.25, 0.3) is 0 Å². The first-order valence-corrected chi connectivity index (χ1v) is 7.98. The Morgan fingerprint density at radius 1 is 1.24 bits per heavy atom. The van der Waals surface area contributed by atoms with Crippen LogP contribution in [-0.4, -0.2) is 52.0 Å². The van der Waals surface area contributed by atoms with Gasteiger partial charge in [0.2, 0.25) is 11.8 Å². The first kappa shape index (κ1) is 14.5. The smallest absolute Gasteiger partial charge is 0.243 e. The van der Waals surface area contributed by atoms with Crippen LogP contribution in [0, 0.1) is 12.8 Å². The predicted octanol–water partition coefficient (Wildman–Crippen LogP) is 1.77. The Morgan fingerprint density at radius 2 is 1.90 bits per heavy atom. The summed E-state index contributed by atoms with van der Waals surface area (Å²) in [6, 6.07) is 0.133. The molecule has 0 aliphatic carbocycles. The molecule has 0 radical (unpaired) electrons. The monoisotopic (exact) mass is 292 g/mol. The Balaban J connectivity index is 1.53. The normalized spacial score (nSPS) is 22.7. The van der Waals surface area contributed by atoms with Crippen molar-refractivity contribution in [2.24, 2.45) is 5.92 Å². The zero-order valence-corrected chi connectivity index (χ0v) is 12.9. The van der Waals surface area contributed by atoms with Crippen molar-refractivity contribution in [3.8, 4) is 0 Å². The summed E-state index contributed by atoms with van der Waals surface area (Å²) in [5.41, 5.74) is 0. The van der Waals surface area contributed by atoms with Crippen LogP contribution in [0.4, 0.5) is 0 Å². The van der Waals surface area contributed by atoms with E-state index in [0.29, 0.717) is 17.6 Å². The lowest BCUT2D eigenvalue weighted by Crippen LogP contribution is -2.42. The van der Waals surface area contributed by atoms with Crippen LogP contribution in [0.15, 0.2) is 4.52 Å². The van der Waals surface area contributed by atoms with Gasteiger partial charge in [-0.1, -0.05) is 5.16 Å². The SMILES string of the molecule is Cc1noc(C(C)N2CCC(C(=O)N3CCCC3)CC2)n1. The van der Waals surface area contributed by atoms with E-state index in [-0.39, 0.29) is 12.0 Å². The summed E-state index contributed by atoms with van der Waals surface area (Å²) in [6.45, 7) is 7.68. The Hall–Kier alpha value is -1.43. The highest BCUT2D eigenvalue weighted by Gasteiger charge is 2.32. The van der Waals surface area contributed by atoms with Gasteiger partial charge in [-0.25, -0.2) is 0 Å². The third kappa shape index (κ3) is 3.10. The average Bonchev–Trinajstić information content (AvgIpc) is 3.17. The van der Waals surface area contributed by atoms with Crippen LogP contribution in [0.1, 0.15) is 50.4 Å². The molecule has 1 aromatic heterocycles. The largest absolute Gasteiger partial charge is 0.342 e. The maximum Gasteiger partial charge on any atom is 0.243 e. The van der Waals surface area contributed by atoms with E-state index in [4.69, 9.17) is 4.52 Å². The van der Waals surface area contributed by atoms with E-state index < -0.39 is 0 Å². The molecular weight excluding hydrogens is 268 g/mol. The van der Waals surface area contributed by atoms with Crippen LogP contribution in [0.2, 0.25) is 0 Å². The molecule has 1 unspecified atom stereocenters. The molecule has 3 heterocycles. The van der Waals surface area contributed by atoms with Gasteiger partial charge in [0.1, 0.15) is 0 Å². The first-order chi connectivity index (χ1) is 10.1. The third-order valence-electron chi connectivity index (χ3n) is 4.74. The van der Waals surface area contributed by atoms with Crippen molar-refractivity contribution in [1.29, 1.82) is 0 Å². The van der Waals surface area contributed by atoms with E-state index in [1.165, 1.54) is 0 Å². The van der Waals surface area contributed by atoms with E-state index in [0.717, 1.165) is 51.9 Å². The van der Waals surface area contributed by atoms with Crippen molar-refractivity contribution >= 4 is 5.91 Å². The Morgan fingerprint density at radius 3 is 2.48 bits per heavy atom. The molecule has 6 nitrogen and oxygen atoms in total. The molecule has 0 aromatic carbocycles. The Bertz CT molecular complexity index is 488. The standard InChI is InChI=1S/C15H24N4O2/c1-11(14-16-12(2)17-21-14)18-9-5-13(6-10-18)15(20)19-7-3-4-8-19/h11,13H,3-10H2,1-2H3. The minimum Gasteiger partial charge on any atom is -0.342 e. The summed E-state index contributed by atoms with van der Waals surface area (Å²) in [5, 5.41) is 3.85. The van der Waals surface area contributed by atoms with Gasteiger partial charge in [0, 0.05) is 19.0 Å². The fraction of sp³-hybridized carbons (Fsp3) is 0.800. The van der Waals surface area contributed by atoms with Gasteiger partial charge in [-0.2, -0.15) is 4.98 Å². The highest BCUT2D eigenvalue weighted by atomic mass is 16.5. The van der Waals surface area contributed by atoms with Gasteiger partial charge < -0.3 is 9.42 Å².